The minimum Gasteiger partial charge on any atom is -0.459 e. The number of fused-ring (bicyclic) bond motifs is 1. The highest BCUT2D eigenvalue weighted by molar-refractivity contribution is 7.88. The van der Waals surface area contributed by atoms with Gasteiger partial charge in [0, 0.05) is 18.8 Å². The maximum atomic E-state index is 12.1. The third kappa shape index (κ3) is 2.90. The van der Waals surface area contributed by atoms with Crippen LogP contribution >= 0.6 is 0 Å². The molecule has 0 aliphatic carbocycles. The zero-order valence-corrected chi connectivity index (χ0v) is 12.9. The average molecular weight is 320 g/mol. The highest BCUT2D eigenvalue weighted by Gasteiger charge is 2.25. The van der Waals surface area contributed by atoms with Crippen LogP contribution < -0.4 is 5.32 Å². The molecule has 0 unspecified atom stereocenters. The molecule has 3 rings (SSSR count). The van der Waals surface area contributed by atoms with E-state index in [1.807, 2.05) is 18.2 Å². The summed E-state index contributed by atoms with van der Waals surface area (Å²) in [5.41, 5.74) is 2.59. The number of carbonyl (C=O) groups excluding carboxylic acids is 1. The minimum atomic E-state index is -3.21. The summed E-state index contributed by atoms with van der Waals surface area (Å²) in [7, 11) is -3.21. The number of anilines is 1. The first-order chi connectivity index (χ1) is 10.4. The van der Waals surface area contributed by atoms with E-state index < -0.39 is 10.0 Å². The first-order valence-electron chi connectivity index (χ1n) is 6.86. The molecule has 6 nitrogen and oxygen atoms in total. The van der Waals surface area contributed by atoms with Gasteiger partial charge in [0.1, 0.15) is 0 Å². The summed E-state index contributed by atoms with van der Waals surface area (Å²) in [6.07, 6.45) is 3.22. The first kappa shape index (κ1) is 14.8. The van der Waals surface area contributed by atoms with Gasteiger partial charge in [-0.3, -0.25) is 4.79 Å². The number of hydrogen-bond donors (Lipinski definition) is 1. The molecular formula is C15H16N2O4S. The lowest BCUT2D eigenvalue weighted by molar-refractivity contribution is 0.0996. The van der Waals surface area contributed by atoms with Crippen molar-refractivity contribution in [1.29, 1.82) is 0 Å². The van der Waals surface area contributed by atoms with Gasteiger partial charge >= 0.3 is 0 Å². The van der Waals surface area contributed by atoms with E-state index in [0.717, 1.165) is 11.1 Å². The molecule has 1 amide bonds. The van der Waals surface area contributed by atoms with E-state index >= 15 is 0 Å². The summed E-state index contributed by atoms with van der Waals surface area (Å²) >= 11 is 0. The van der Waals surface area contributed by atoms with Crippen LogP contribution in [-0.2, 0) is 23.0 Å². The number of sulfonamides is 1. The fourth-order valence-electron chi connectivity index (χ4n) is 2.58. The summed E-state index contributed by atoms with van der Waals surface area (Å²) in [6.45, 7) is 0.748. The van der Waals surface area contributed by atoms with Crippen LogP contribution in [0.3, 0.4) is 0 Å². The van der Waals surface area contributed by atoms with Gasteiger partial charge < -0.3 is 9.73 Å². The molecule has 7 heteroatoms. The predicted octanol–water partition coefficient (Wildman–Crippen LogP) is 1.85. The number of furan rings is 1. The van der Waals surface area contributed by atoms with Gasteiger partial charge in [0.15, 0.2) is 5.76 Å². The Labute approximate surface area is 128 Å². The van der Waals surface area contributed by atoms with Crippen molar-refractivity contribution in [2.24, 2.45) is 0 Å². The fourth-order valence-corrected chi connectivity index (χ4v) is 3.37. The van der Waals surface area contributed by atoms with Gasteiger partial charge in [-0.2, -0.15) is 4.31 Å². The van der Waals surface area contributed by atoms with Crippen molar-refractivity contribution in [3.63, 3.8) is 0 Å². The van der Waals surface area contributed by atoms with Gasteiger partial charge in [-0.25, -0.2) is 8.42 Å². The number of nitrogens with zero attached hydrogens (tertiary/aromatic N) is 1. The molecule has 0 radical (unpaired) electrons. The van der Waals surface area contributed by atoms with Gasteiger partial charge in [-0.15, -0.1) is 0 Å². The molecule has 2 aromatic rings. The molecule has 0 fully saturated rings. The van der Waals surface area contributed by atoms with Crippen LogP contribution in [0.1, 0.15) is 21.7 Å². The summed E-state index contributed by atoms with van der Waals surface area (Å²) in [5, 5.41) is 2.83. The Hall–Kier alpha value is -2.12. The van der Waals surface area contributed by atoms with Crippen LogP contribution in [0.25, 0.3) is 0 Å². The summed E-state index contributed by atoms with van der Waals surface area (Å²) < 4.78 is 29.8. The maximum absolute atomic E-state index is 12.1. The van der Waals surface area contributed by atoms with Gasteiger partial charge in [-0.05, 0) is 35.7 Å². The molecule has 0 spiro atoms. The van der Waals surface area contributed by atoms with E-state index in [9.17, 15) is 13.2 Å². The topological polar surface area (TPSA) is 79.6 Å². The zero-order valence-electron chi connectivity index (χ0n) is 12.1. The molecule has 1 aliphatic rings. The molecule has 2 heterocycles. The van der Waals surface area contributed by atoms with E-state index in [1.165, 1.54) is 16.8 Å². The monoisotopic (exact) mass is 320 g/mol. The van der Waals surface area contributed by atoms with Crippen LogP contribution in [0, 0.1) is 0 Å². The number of nitrogens with one attached hydrogen (secondary N) is 1. The van der Waals surface area contributed by atoms with E-state index in [0.29, 0.717) is 25.2 Å². The van der Waals surface area contributed by atoms with Crippen molar-refractivity contribution in [2.75, 3.05) is 18.1 Å². The number of rotatable bonds is 3. The maximum Gasteiger partial charge on any atom is 0.291 e. The van der Waals surface area contributed by atoms with Gasteiger partial charge in [0.25, 0.3) is 5.91 Å². The molecular weight excluding hydrogens is 304 g/mol. The number of amides is 1. The van der Waals surface area contributed by atoms with Crippen LogP contribution in [-0.4, -0.2) is 31.4 Å². The van der Waals surface area contributed by atoms with Crippen LogP contribution in [0.5, 0.6) is 0 Å². The Morgan fingerprint density at radius 2 is 2.09 bits per heavy atom. The Morgan fingerprint density at radius 1 is 1.27 bits per heavy atom. The second-order valence-corrected chi connectivity index (χ2v) is 7.20. The highest BCUT2D eigenvalue weighted by Crippen LogP contribution is 2.27. The van der Waals surface area contributed by atoms with Gasteiger partial charge in [0.2, 0.25) is 10.0 Å². The summed E-state index contributed by atoms with van der Waals surface area (Å²) in [4.78, 5) is 12.1. The third-order valence-corrected chi connectivity index (χ3v) is 4.94. The summed E-state index contributed by atoms with van der Waals surface area (Å²) in [6, 6.07) is 8.75. The van der Waals surface area contributed by atoms with Crippen molar-refractivity contribution >= 4 is 21.6 Å². The molecule has 1 aliphatic heterocycles. The highest BCUT2D eigenvalue weighted by atomic mass is 32.2. The quantitative estimate of drug-likeness (QED) is 0.936. The number of benzene rings is 1. The average Bonchev–Trinajstić information content (AvgIpc) is 3.00. The normalized spacial score (nSPS) is 15.3. The van der Waals surface area contributed by atoms with E-state index in [1.54, 1.807) is 12.1 Å². The third-order valence-electron chi connectivity index (χ3n) is 3.69. The number of hydrogen-bond acceptors (Lipinski definition) is 4. The van der Waals surface area contributed by atoms with Crippen molar-refractivity contribution in [3.8, 4) is 0 Å². The summed E-state index contributed by atoms with van der Waals surface area (Å²) in [5.74, 6) is -0.0740. The predicted molar refractivity (Wildman–Crippen MR) is 82.1 cm³/mol. The lowest BCUT2D eigenvalue weighted by Gasteiger charge is -2.28. The molecule has 0 saturated heterocycles. The van der Waals surface area contributed by atoms with Gasteiger partial charge in [0.05, 0.1) is 12.5 Å². The molecule has 116 valence electrons. The Bertz CT molecular complexity index is 797. The van der Waals surface area contributed by atoms with E-state index in [2.05, 4.69) is 5.32 Å². The smallest absolute Gasteiger partial charge is 0.291 e. The molecule has 0 atom stereocenters. The SMILES string of the molecule is CS(=O)(=O)N1CCc2c(cccc2NC(=O)c2ccco2)C1. The first-order valence-corrected chi connectivity index (χ1v) is 8.71. The molecule has 1 N–H and O–H groups in total. The van der Waals surface area contributed by atoms with Crippen LogP contribution in [0.15, 0.2) is 41.0 Å². The second kappa shape index (κ2) is 5.58. The van der Waals surface area contributed by atoms with Crippen molar-refractivity contribution in [2.45, 2.75) is 13.0 Å². The van der Waals surface area contributed by atoms with Crippen LogP contribution in [0.2, 0.25) is 0 Å². The largest absolute Gasteiger partial charge is 0.459 e. The van der Waals surface area contributed by atoms with Crippen molar-refractivity contribution in [1.82, 2.24) is 4.31 Å². The Morgan fingerprint density at radius 3 is 2.77 bits per heavy atom. The van der Waals surface area contributed by atoms with Crippen molar-refractivity contribution < 1.29 is 17.6 Å². The Balaban J connectivity index is 1.85. The molecule has 22 heavy (non-hydrogen) atoms. The second-order valence-electron chi connectivity index (χ2n) is 5.22. The lowest BCUT2D eigenvalue weighted by atomic mass is 9.99. The minimum absolute atomic E-state index is 0.242. The van der Waals surface area contributed by atoms with Gasteiger partial charge in [-0.1, -0.05) is 12.1 Å². The van der Waals surface area contributed by atoms with E-state index in [-0.39, 0.29) is 11.7 Å². The van der Waals surface area contributed by atoms with E-state index in [4.69, 9.17) is 4.42 Å². The zero-order chi connectivity index (χ0) is 15.7. The fraction of sp³-hybridized carbons (Fsp3) is 0.267. The molecule has 1 aromatic carbocycles. The standard InChI is InChI=1S/C15H16N2O4S/c1-22(19,20)17-8-7-12-11(10-17)4-2-5-13(12)16-15(18)14-6-3-9-21-14/h2-6,9H,7-8,10H2,1H3,(H,16,18). The molecule has 0 saturated carbocycles. The lowest BCUT2D eigenvalue weighted by Crippen LogP contribution is -2.35. The van der Waals surface area contributed by atoms with Crippen molar-refractivity contribution in [3.05, 3.63) is 53.5 Å². The Kier molecular flexibility index (Phi) is 3.76. The number of carbonyl (C=O) groups is 1. The molecule has 0 bridgehead atoms. The molecule has 1 aromatic heterocycles. The van der Waals surface area contributed by atoms with Crippen LogP contribution in [0.4, 0.5) is 5.69 Å².